The van der Waals surface area contributed by atoms with Crippen LogP contribution in [0.25, 0.3) is 0 Å². The molecule has 0 saturated carbocycles. The highest BCUT2D eigenvalue weighted by molar-refractivity contribution is 7.88. The van der Waals surface area contributed by atoms with Crippen LogP contribution in [0, 0.1) is 5.82 Å². The van der Waals surface area contributed by atoms with Gasteiger partial charge in [0.2, 0.25) is 10.0 Å². The molecule has 2 aliphatic heterocycles. The molecule has 4 rings (SSSR count). The number of likely N-dealkylation sites (tertiary alicyclic amines) is 1. The third-order valence-corrected chi connectivity index (χ3v) is 9.23. The number of hydrogen-bond acceptors (Lipinski definition) is 4. The SMILES string of the molecule is CN(C(=O)c1ccc(F)c(Cl)c1)[C@@H]1CN(C(=O)N2CCN(S(C)(=O)=O)CC2)CC1c1ccc(Cl)c(Cl)c1. The molecule has 0 aromatic heterocycles. The zero-order valence-electron chi connectivity index (χ0n) is 20.2. The van der Waals surface area contributed by atoms with E-state index in [0.29, 0.717) is 16.6 Å². The molecule has 0 spiro atoms. The number of urea groups is 1. The molecule has 3 amide bonds. The van der Waals surface area contributed by atoms with Crippen LogP contribution in [0.15, 0.2) is 36.4 Å². The maximum Gasteiger partial charge on any atom is 0.320 e. The Morgan fingerprint density at radius 2 is 1.59 bits per heavy atom. The molecule has 2 heterocycles. The van der Waals surface area contributed by atoms with E-state index in [1.807, 2.05) is 6.07 Å². The third-order valence-electron chi connectivity index (χ3n) is 6.89. The van der Waals surface area contributed by atoms with Gasteiger partial charge in [-0.05, 0) is 35.9 Å². The van der Waals surface area contributed by atoms with Crippen LogP contribution in [-0.4, -0.2) is 98.0 Å². The van der Waals surface area contributed by atoms with Gasteiger partial charge in [-0.2, -0.15) is 4.31 Å². The molecule has 1 unspecified atom stereocenters. The summed E-state index contributed by atoms with van der Waals surface area (Å²) in [6.07, 6.45) is 1.15. The Morgan fingerprint density at radius 3 is 2.19 bits per heavy atom. The van der Waals surface area contributed by atoms with Gasteiger partial charge in [0.25, 0.3) is 5.91 Å². The minimum atomic E-state index is -3.33. The maximum atomic E-state index is 13.7. The van der Waals surface area contributed by atoms with E-state index >= 15 is 0 Å². The smallest absolute Gasteiger partial charge is 0.320 e. The Hall–Kier alpha value is -2.11. The average Bonchev–Trinajstić information content (AvgIpc) is 3.31. The van der Waals surface area contributed by atoms with Crippen molar-refractivity contribution in [1.82, 2.24) is 19.0 Å². The maximum absolute atomic E-state index is 13.7. The van der Waals surface area contributed by atoms with Crippen molar-refractivity contribution in [3.8, 4) is 0 Å². The van der Waals surface area contributed by atoms with Crippen molar-refractivity contribution in [2.24, 2.45) is 0 Å². The first-order chi connectivity index (χ1) is 17.4. The monoisotopic (exact) mass is 590 g/mol. The number of piperazine rings is 1. The van der Waals surface area contributed by atoms with Gasteiger partial charge in [-0.1, -0.05) is 40.9 Å². The lowest BCUT2D eigenvalue weighted by Crippen LogP contribution is -2.53. The van der Waals surface area contributed by atoms with Gasteiger partial charge < -0.3 is 14.7 Å². The summed E-state index contributed by atoms with van der Waals surface area (Å²) in [7, 11) is -1.69. The van der Waals surface area contributed by atoms with E-state index in [1.54, 1.807) is 29.0 Å². The number of hydrogen-bond donors (Lipinski definition) is 0. The molecule has 2 aromatic carbocycles. The van der Waals surface area contributed by atoms with Crippen molar-refractivity contribution in [1.29, 1.82) is 0 Å². The van der Waals surface area contributed by atoms with Gasteiger partial charge in [0.05, 0.1) is 27.4 Å². The lowest BCUT2D eigenvalue weighted by molar-refractivity contribution is 0.0723. The van der Waals surface area contributed by atoms with Crippen LogP contribution >= 0.6 is 34.8 Å². The predicted octanol–water partition coefficient (Wildman–Crippen LogP) is 4.02. The van der Waals surface area contributed by atoms with Crippen LogP contribution < -0.4 is 0 Å². The van der Waals surface area contributed by atoms with Crippen molar-refractivity contribution >= 4 is 56.8 Å². The van der Waals surface area contributed by atoms with E-state index in [4.69, 9.17) is 34.8 Å². The molecule has 0 radical (unpaired) electrons. The molecule has 200 valence electrons. The second-order valence-corrected chi connectivity index (χ2v) is 12.4. The first-order valence-corrected chi connectivity index (χ1v) is 14.5. The van der Waals surface area contributed by atoms with E-state index in [2.05, 4.69) is 0 Å². The summed E-state index contributed by atoms with van der Waals surface area (Å²) in [5, 5.41) is 0.595. The van der Waals surface area contributed by atoms with Crippen molar-refractivity contribution in [3.05, 3.63) is 68.4 Å². The summed E-state index contributed by atoms with van der Waals surface area (Å²) in [5.74, 6) is -1.27. The van der Waals surface area contributed by atoms with E-state index in [1.165, 1.54) is 21.3 Å². The van der Waals surface area contributed by atoms with Gasteiger partial charge >= 0.3 is 6.03 Å². The number of carbonyl (C=O) groups is 2. The first kappa shape index (κ1) is 27.9. The van der Waals surface area contributed by atoms with Crippen LogP contribution in [0.1, 0.15) is 21.8 Å². The van der Waals surface area contributed by atoms with Crippen LogP contribution in [0.4, 0.5) is 9.18 Å². The summed E-state index contributed by atoms with van der Waals surface area (Å²) in [5.41, 5.74) is 1.04. The molecule has 2 saturated heterocycles. The number of sulfonamides is 1. The average molecular weight is 592 g/mol. The zero-order chi connectivity index (χ0) is 27.1. The van der Waals surface area contributed by atoms with Crippen LogP contribution in [0.5, 0.6) is 0 Å². The fourth-order valence-corrected chi connectivity index (χ4v) is 6.11. The fourth-order valence-electron chi connectivity index (χ4n) is 4.80. The lowest BCUT2D eigenvalue weighted by Gasteiger charge is -2.35. The molecular weight excluding hydrogens is 566 g/mol. The highest BCUT2D eigenvalue weighted by atomic mass is 35.5. The summed E-state index contributed by atoms with van der Waals surface area (Å²) < 4.78 is 38.7. The Balaban J connectivity index is 1.58. The van der Waals surface area contributed by atoms with Gasteiger partial charge in [-0.25, -0.2) is 17.6 Å². The number of amides is 3. The minimum Gasteiger partial charge on any atom is -0.336 e. The first-order valence-electron chi connectivity index (χ1n) is 11.5. The molecule has 0 bridgehead atoms. The second-order valence-electron chi connectivity index (χ2n) is 9.23. The normalized spacial score (nSPS) is 20.8. The number of likely N-dealkylation sites (N-methyl/N-ethyl adjacent to an activating group) is 1. The second kappa shape index (κ2) is 10.9. The minimum absolute atomic E-state index is 0.156. The molecule has 0 N–H and O–H groups in total. The van der Waals surface area contributed by atoms with Gasteiger partial charge in [-0.15, -0.1) is 0 Å². The van der Waals surface area contributed by atoms with E-state index in [-0.39, 0.29) is 61.2 Å². The Labute approximate surface area is 230 Å². The van der Waals surface area contributed by atoms with Crippen molar-refractivity contribution < 1.29 is 22.4 Å². The standard InChI is InChI=1S/C24H26Cl3FN4O4S/c1-29(23(33)16-4-6-21(28)20(27)12-16)22-14-31(13-17(22)15-3-5-18(25)19(26)11-15)24(34)30-7-9-32(10-8-30)37(2,35)36/h3-6,11-12,17,22H,7-10,13-14H2,1-2H3/t17?,22-/m1/s1. The molecule has 2 aliphatic rings. The van der Waals surface area contributed by atoms with Crippen LogP contribution in [0.3, 0.4) is 0 Å². The molecule has 37 heavy (non-hydrogen) atoms. The van der Waals surface area contributed by atoms with Crippen molar-refractivity contribution in [3.63, 3.8) is 0 Å². The molecule has 8 nitrogen and oxygen atoms in total. The van der Waals surface area contributed by atoms with Crippen molar-refractivity contribution in [2.45, 2.75) is 12.0 Å². The zero-order valence-corrected chi connectivity index (χ0v) is 23.3. The quantitative estimate of drug-likeness (QED) is 0.538. The molecule has 2 fully saturated rings. The summed E-state index contributed by atoms with van der Waals surface area (Å²) in [6, 6.07) is 8.36. The molecule has 13 heteroatoms. The molecule has 2 atom stereocenters. The summed E-state index contributed by atoms with van der Waals surface area (Å²) >= 11 is 18.3. The highest BCUT2D eigenvalue weighted by Gasteiger charge is 2.42. The molecular formula is C24H26Cl3FN4O4S. The Kier molecular flexibility index (Phi) is 8.25. The largest absolute Gasteiger partial charge is 0.336 e. The summed E-state index contributed by atoms with van der Waals surface area (Å²) in [4.78, 5) is 31.6. The highest BCUT2D eigenvalue weighted by Crippen LogP contribution is 2.35. The summed E-state index contributed by atoms with van der Waals surface area (Å²) in [6.45, 7) is 1.55. The van der Waals surface area contributed by atoms with Gasteiger partial charge in [0, 0.05) is 57.8 Å². The predicted molar refractivity (Wildman–Crippen MR) is 141 cm³/mol. The van der Waals surface area contributed by atoms with E-state index in [9.17, 15) is 22.4 Å². The van der Waals surface area contributed by atoms with Gasteiger partial charge in [0.1, 0.15) is 5.82 Å². The van der Waals surface area contributed by atoms with Gasteiger partial charge in [0.15, 0.2) is 0 Å². The van der Waals surface area contributed by atoms with Crippen LogP contribution in [-0.2, 0) is 10.0 Å². The number of carbonyl (C=O) groups excluding carboxylic acids is 2. The van der Waals surface area contributed by atoms with Crippen molar-refractivity contribution in [2.75, 3.05) is 52.6 Å². The molecule has 2 aromatic rings. The number of benzene rings is 2. The topological polar surface area (TPSA) is 81.2 Å². The number of halogens is 4. The fraction of sp³-hybridized carbons (Fsp3) is 0.417. The third kappa shape index (κ3) is 5.98. The number of rotatable bonds is 4. The Bertz CT molecular complexity index is 1320. The van der Waals surface area contributed by atoms with E-state index in [0.717, 1.165) is 17.9 Å². The number of nitrogens with zero attached hydrogens (tertiary/aromatic N) is 4. The lowest BCUT2D eigenvalue weighted by atomic mass is 9.93. The van der Waals surface area contributed by atoms with Crippen LogP contribution in [0.2, 0.25) is 15.1 Å². The van der Waals surface area contributed by atoms with E-state index < -0.39 is 21.9 Å². The molecule has 0 aliphatic carbocycles. The van der Waals surface area contributed by atoms with Gasteiger partial charge in [-0.3, -0.25) is 4.79 Å². The Morgan fingerprint density at radius 1 is 0.919 bits per heavy atom.